The fraction of sp³-hybridized carbons (Fsp3) is 0.409. The molecule has 6 heteroatoms. The van der Waals surface area contributed by atoms with Crippen molar-refractivity contribution in [3.05, 3.63) is 70.0 Å². The molecule has 2 aliphatic rings. The van der Waals surface area contributed by atoms with Gasteiger partial charge in [-0.1, -0.05) is 35.9 Å². The van der Waals surface area contributed by atoms with Gasteiger partial charge < -0.3 is 10.2 Å². The summed E-state index contributed by atoms with van der Waals surface area (Å²) in [6.07, 6.45) is 1.67. The number of piperazine rings is 1. The number of nitrogens with one attached hydrogen (secondary N) is 1. The van der Waals surface area contributed by atoms with Gasteiger partial charge in [0.1, 0.15) is 11.4 Å². The number of halogens is 2. The van der Waals surface area contributed by atoms with E-state index < -0.39 is 5.54 Å². The highest BCUT2D eigenvalue weighted by Gasteiger charge is 2.50. The molecule has 1 unspecified atom stereocenters. The topological polar surface area (TPSA) is 35.6 Å². The minimum Gasteiger partial charge on any atom is -0.340 e. The Hall–Kier alpha value is -1.95. The van der Waals surface area contributed by atoms with E-state index in [1.54, 1.807) is 18.0 Å². The van der Waals surface area contributed by atoms with Crippen LogP contribution in [0.1, 0.15) is 23.1 Å². The Kier molecular flexibility index (Phi) is 5.41. The maximum atomic E-state index is 13.8. The molecule has 1 aliphatic carbocycles. The van der Waals surface area contributed by atoms with Crippen LogP contribution in [0, 0.1) is 5.82 Å². The van der Waals surface area contributed by atoms with E-state index in [0.717, 1.165) is 44.6 Å². The molecule has 28 heavy (non-hydrogen) atoms. The molecule has 1 aliphatic heterocycles. The highest BCUT2D eigenvalue weighted by Crippen LogP contribution is 2.43. The van der Waals surface area contributed by atoms with Crippen molar-refractivity contribution in [2.24, 2.45) is 0 Å². The first-order chi connectivity index (χ1) is 13.5. The molecule has 0 radical (unpaired) electrons. The SMILES string of the molecule is CN(Cc1cc(F)cc(Cl)c1)C(=O)C1(N2CCNCC2)CCc2ccccc21. The van der Waals surface area contributed by atoms with Gasteiger partial charge in [0, 0.05) is 44.8 Å². The number of carbonyl (C=O) groups excluding carboxylic acids is 1. The summed E-state index contributed by atoms with van der Waals surface area (Å²) >= 11 is 6.00. The number of nitrogens with zero attached hydrogens (tertiary/aromatic N) is 2. The summed E-state index contributed by atoms with van der Waals surface area (Å²) in [6, 6.07) is 12.7. The van der Waals surface area contributed by atoms with Gasteiger partial charge in [-0.15, -0.1) is 0 Å². The average Bonchev–Trinajstić information content (AvgIpc) is 3.08. The van der Waals surface area contributed by atoms with E-state index in [9.17, 15) is 9.18 Å². The lowest BCUT2D eigenvalue weighted by atomic mass is 9.87. The van der Waals surface area contributed by atoms with Gasteiger partial charge in [-0.25, -0.2) is 4.39 Å². The molecule has 1 fully saturated rings. The van der Waals surface area contributed by atoms with E-state index in [0.29, 0.717) is 17.1 Å². The number of amides is 1. The van der Waals surface area contributed by atoms with Crippen molar-refractivity contribution in [2.45, 2.75) is 24.9 Å². The standard InChI is InChI=1S/C22H25ClFN3O/c1-26(15-16-12-18(23)14-19(24)13-16)21(28)22(27-10-8-25-9-11-27)7-6-17-4-2-3-5-20(17)22/h2-5,12-14,25H,6-11,15H2,1H3. The number of fused-ring (bicyclic) bond motifs is 1. The summed E-state index contributed by atoms with van der Waals surface area (Å²) in [5.41, 5.74) is 2.41. The third kappa shape index (κ3) is 3.43. The highest BCUT2D eigenvalue weighted by atomic mass is 35.5. The van der Waals surface area contributed by atoms with Crippen LogP contribution in [-0.4, -0.2) is 48.9 Å². The molecule has 2 aromatic rings. The fourth-order valence-corrected chi connectivity index (χ4v) is 4.93. The van der Waals surface area contributed by atoms with Gasteiger partial charge in [0.25, 0.3) is 0 Å². The molecule has 4 rings (SSSR count). The van der Waals surface area contributed by atoms with Crippen LogP contribution in [0.3, 0.4) is 0 Å². The molecule has 148 valence electrons. The van der Waals surface area contributed by atoms with E-state index in [4.69, 9.17) is 11.6 Å². The third-order valence-electron chi connectivity index (χ3n) is 5.92. The van der Waals surface area contributed by atoms with Gasteiger partial charge in [0.2, 0.25) is 5.91 Å². The second kappa shape index (κ2) is 7.82. The molecule has 0 aromatic heterocycles. The predicted molar refractivity (Wildman–Crippen MR) is 109 cm³/mol. The van der Waals surface area contributed by atoms with E-state index in [1.807, 2.05) is 12.1 Å². The summed E-state index contributed by atoms with van der Waals surface area (Å²) in [6.45, 7) is 3.74. The fourth-order valence-electron chi connectivity index (χ4n) is 4.69. The van der Waals surface area contributed by atoms with E-state index in [2.05, 4.69) is 22.3 Å². The minimum absolute atomic E-state index is 0.0692. The van der Waals surface area contributed by atoms with Crippen molar-refractivity contribution in [2.75, 3.05) is 33.2 Å². The first-order valence-corrected chi connectivity index (χ1v) is 10.1. The van der Waals surface area contributed by atoms with Crippen molar-refractivity contribution in [1.29, 1.82) is 0 Å². The van der Waals surface area contributed by atoms with Crippen molar-refractivity contribution in [1.82, 2.24) is 15.1 Å². The van der Waals surface area contributed by atoms with Crippen LogP contribution in [0.4, 0.5) is 4.39 Å². The van der Waals surface area contributed by atoms with Crippen LogP contribution < -0.4 is 5.32 Å². The van der Waals surface area contributed by atoms with Gasteiger partial charge in [-0.3, -0.25) is 9.69 Å². The van der Waals surface area contributed by atoms with E-state index >= 15 is 0 Å². The van der Waals surface area contributed by atoms with Gasteiger partial charge in [-0.05, 0) is 47.7 Å². The number of rotatable bonds is 4. The quantitative estimate of drug-likeness (QED) is 0.854. The Morgan fingerprint density at radius 3 is 2.75 bits per heavy atom. The second-order valence-corrected chi connectivity index (χ2v) is 8.13. The lowest BCUT2D eigenvalue weighted by Gasteiger charge is -2.44. The normalized spacial score (nSPS) is 22.1. The maximum absolute atomic E-state index is 13.8. The molecule has 1 N–H and O–H groups in total. The smallest absolute Gasteiger partial charge is 0.247 e. The molecule has 1 saturated heterocycles. The molecule has 2 aromatic carbocycles. The lowest BCUT2D eigenvalue weighted by Crippen LogP contribution is -2.60. The minimum atomic E-state index is -0.648. The summed E-state index contributed by atoms with van der Waals surface area (Å²) in [4.78, 5) is 17.9. The molecular formula is C22H25ClFN3O. The van der Waals surface area contributed by atoms with Crippen molar-refractivity contribution >= 4 is 17.5 Å². The van der Waals surface area contributed by atoms with Crippen LogP contribution in [0.2, 0.25) is 5.02 Å². The Balaban J connectivity index is 1.68. The first-order valence-electron chi connectivity index (χ1n) is 9.75. The average molecular weight is 402 g/mol. The second-order valence-electron chi connectivity index (χ2n) is 7.69. The van der Waals surface area contributed by atoms with Gasteiger partial charge in [0.05, 0.1) is 0 Å². The summed E-state index contributed by atoms with van der Waals surface area (Å²) < 4.78 is 13.7. The summed E-state index contributed by atoms with van der Waals surface area (Å²) in [7, 11) is 1.80. The number of likely N-dealkylation sites (N-methyl/N-ethyl adjacent to an activating group) is 1. The van der Waals surface area contributed by atoms with Crippen LogP contribution in [0.25, 0.3) is 0 Å². The molecule has 4 nitrogen and oxygen atoms in total. The number of carbonyl (C=O) groups is 1. The summed E-state index contributed by atoms with van der Waals surface area (Å²) in [5, 5.41) is 3.72. The maximum Gasteiger partial charge on any atom is 0.247 e. The highest BCUT2D eigenvalue weighted by molar-refractivity contribution is 6.30. The zero-order valence-corrected chi connectivity index (χ0v) is 16.8. The number of hydrogen-bond acceptors (Lipinski definition) is 3. The third-order valence-corrected chi connectivity index (χ3v) is 6.14. The van der Waals surface area contributed by atoms with E-state index in [-0.39, 0.29) is 11.7 Å². The molecule has 1 atom stereocenters. The van der Waals surface area contributed by atoms with E-state index in [1.165, 1.54) is 17.7 Å². The van der Waals surface area contributed by atoms with Crippen LogP contribution in [0.5, 0.6) is 0 Å². The van der Waals surface area contributed by atoms with Gasteiger partial charge in [-0.2, -0.15) is 0 Å². The Morgan fingerprint density at radius 1 is 1.25 bits per heavy atom. The molecule has 0 spiro atoms. The Labute approximate surface area is 170 Å². The van der Waals surface area contributed by atoms with Gasteiger partial charge in [0.15, 0.2) is 0 Å². The number of aryl methyl sites for hydroxylation is 1. The van der Waals surface area contributed by atoms with Gasteiger partial charge >= 0.3 is 0 Å². The largest absolute Gasteiger partial charge is 0.340 e. The summed E-state index contributed by atoms with van der Waals surface area (Å²) in [5.74, 6) is -0.314. The Morgan fingerprint density at radius 2 is 2.00 bits per heavy atom. The zero-order chi connectivity index (χ0) is 19.7. The zero-order valence-electron chi connectivity index (χ0n) is 16.0. The molecule has 1 amide bonds. The molecule has 0 saturated carbocycles. The number of benzene rings is 2. The lowest BCUT2D eigenvalue weighted by molar-refractivity contribution is -0.145. The molecule has 0 bridgehead atoms. The number of hydrogen-bond donors (Lipinski definition) is 1. The van der Waals surface area contributed by atoms with Crippen molar-refractivity contribution in [3.8, 4) is 0 Å². The van der Waals surface area contributed by atoms with Crippen molar-refractivity contribution < 1.29 is 9.18 Å². The van der Waals surface area contributed by atoms with Crippen molar-refractivity contribution in [3.63, 3.8) is 0 Å². The van der Waals surface area contributed by atoms with Crippen LogP contribution in [-0.2, 0) is 23.3 Å². The predicted octanol–water partition coefficient (Wildman–Crippen LogP) is 3.18. The van der Waals surface area contributed by atoms with Crippen LogP contribution >= 0.6 is 11.6 Å². The Bertz CT molecular complexity index is 864. The first kappa shape index (κ1) is 19.4. The monoisotopic (exact) mass is 401 g/mol. The molecular weight excluding hydrogens is 377 g/mol. The molecule has 1 heterocycles. The van der Waals surface area contributed by atoms with Crippen LogP contribution in [0.15, 0.2) is 42.5 Å².